The van der Waals surface area contributed by atoms with E-state index in [4.69, 9.17) is 4.74 Å². The molecule has 0 N–H and O–H groups in total. The van der Waals surface area contributed by atoms with Gasteiger partial charge in [0, 0.05) is 6.92 Å². The molecule has 0 amide bonds. The third-order valence-corrected chi connectivity index (χ3v) is 13.4. The van der Waals surface area contributed by atoms with Crippen molar-refractivity contribution in [2.45, 2.75) is 132 Å². The van der Waals surface area contributed by atoms with Gasteiger partial charge in [-0.1, -0.05) is 54.4 Å². The predicted octanol–water partition coefficient (Wildman–Crippen LogP) is 8.43. The van der Waals surface area contributed by atoms with Crippen LogP contribution in [0.2, 0.25) is 0 Å². The summed E-state index contributed by atoms with van der Waals surface area (Å²) in [6.45, 7) is 16.9. The van der Waals surface area contributed by atoms with Gasteiger partial charge in [-0.05, 0) is 121 Å². The Balaban J connectivity index is 1.32. The van der Waals surface area contributed by atoms with Crippen molar-refractivity contribution in [3.8, 4) is 0 Å². The number of rotatable bonds is 6. The molecule has 2 spiro atoms. The van der Waals surface area contributed by atoms with Crippen molar-refractivity contribution < 1.29 is 9.53 Å². The monoisotopic (exact) mass is 456 g/mol. The first-order chi connectivity index (χ1) is 15.5. The minimum Gasteiger partial charge on any atom is -0.463 e. The second kappa shape index (κ2) is 7.99. The summed E-state index contributed by atoms with van der Waals surface area (Å²) in [5, 5.41) is 0. The number of carbonyl (C=O) groups is 1. The maximum absolute atomic E-state index is 11.6. The average molecular weight is 457 g/mol. The van der Waals surface area contributed by atoms with Crippen LogP contribution in [0.3, 0.4) is 0 Å². The van der Waals surface area contributed by atoms with E-state index in [-0.39, 0.29) is 12.1 Å². The van der Waals surface area contributed by atoms with Crippen molar-refractivity contribution >= 4 is 5.97 Å². The van der Waals surface area contributed by atoms with Gasteiger partial charge in [0.1, 0.15) is 6.10 Å². The standard InChI is InChI=1S/C31H52O2/c1-20(2)21(3)8-9-22(4)26-13-14-29(7)27-11-10-24-18-25(33-23(5)32)12-15-30(24)19-31(27,30)17-16-28(26,29)6/h20-22,24-27H,8-19H2,1-7H3. The van der Waals surface area contributed by atoms with Crippen LogP contribution in [-0.2, 0) is 9.53 Å². The van der Waals surface area contributed by atoms with Crippen LogP contribution in [0.25, 0.3) is 0 Å². The first-order valence-electron chi connectivity index (χ1n) is 14.7. The van der Waals surface area contributed by atoms with Crippen LogP contribution >= 0.6 is 0 Å². The van der Waals surface area contributed by atoms with Crippen LogP contribution in [0.5, 0.6) is 0 Å². The molecule has 188 valence electrons. The Morgan fingerprint density at radius 3 is 2.33 bits per heavy atom. The Bertz CT molecular complexity index is 773. The molecule has 2 heteroatoms. The summed E-state index contributed by atoms with van der Waals surface area (Å²) < 4.78 is 5.70. The van der Waals surface area contributed by atoms with Gasteiger partial charge in [0.05, 0.1) is 0 Å². The zero-order chi connectivity index (χ0) is 23.8. The largest absolute Gasteiger partial charge is 0.463 e. The first-order valence-corrected chi connectivity index (χ1v) is 14.7. The maximum Gasteiger partial charge on any atom is 0.302 e. The molecule has 2 nitrogen and oxygen atoms in total. The molecular formula is C31H52O2. The quantitative estimate of drug-likeness (QED) is 0.375. The second-order valence-corrected chi connectivity index (χ2v) is 14.6. The highest BCUT2D eigenvalue weighted by molar-refractivity contribution is 5.66. The molecule has 0 heterocycles. The number of esters is 1. The van der Waals surface area contributed by atoms with E-state index in [1.54, 1.807) is 6.92 Å². The van der Waals surface area contributed by atoms with Gasteiger partial charge in [-0.3, -0.25) is 4.79 Å². The third-order valence-electron chi connectivity index (χ3n) is 13.4. The van der Waals surface area contributed by atoms with Gasteiger partial charge in [-0.25, -0.2) is 0 Å². The fourth-order valence-corrected chi connectivity index (χ4v) is 11.0. The Morgan fingerprint density at radius 1 is 0.879 bits per heavy atom. The van der Waals surface area contributed by atoms with Gasteiger partial charge < -0.3 is 4.74 Å². The van der Waals surface area contributed by atoms with Crippen LogP contribution in [0, 0.1) is 57.2 Å². The van der Waals surface area contributed by atoms with Gasteiger partial charge in [0.2, 0.25) is 0 Å². The number of carbonyl (C=O) groups excluding carboxylic acids is 1. The number of ether oxygens (including phenoxy) is 1. The molecule has 0 aromatic rings. The number of fused-ring (bicyclic) bond motifs is 2. The molecule has 0 aromatic carbocycles. The minimum absolute atomic E-state index is 0.0787. The van der Waals surface area contributed by atoms with E-state index in [0.29, 0.717) is 21.7 Å². The summed E-state index contributed by atoms with van der Waals surface area (Å²) >= 11 is 0. The normalized spacial score (nSPS) is 49.9. The van der Waals surface area contributed by atoms with E-state index in [2.05, 4.69) is 41.5 Å². The molecule has 0 radical (unpaired) electrons. The fourth-order valence-electron chi connectivity index (χ4n) is 11.0. The molecular weight excluding hydrogens is 404 g/mol. The van der Waals surface area contributed by atoms with Crippen molar-refractivity contribution in [3.63, 3.8) is 0 Å². The molecule has 5 saturated carbocycles. The predicted molar refractivity (Wildman–Crippen MR) is 136 cm³/mol. The Labute approximate surface area is 204 Å². The Hall–Kier alpha value is -0.530. The molecule has 0 bridgehead atoms. The van der Waals surface area contributed by atoms with Crippen LogP contribution in [0.4, 0.5) is 0 Å². The van der Waals surface area contributed by atoms with Crippen LogP contribution < -0.4 is 0 Å². The Morgan fingerprint density at radius 2 is 1.64 bits per heavy atom. The smallest absolute Gasteiger partial charge is 0.302 e. The SMILES string of the molecule is CC(=O)OC1CCC23CC24CCC2(C)C(C(C)CCC(C)C(C)C)CCC2(C)C4CCC3C1. The van der Waals surface area contributed by atoms with E-state index < -0.39 is 0 Å². The summed E-state index contributed by atoms with van der Waals surface area (Å²) in [5.41, 5.74) is 2.31. The average Bonchev–Trinajstić information content (AvgIpc) is 3.33. The number of hydrogen-bond donors (Lipinski definition) is 0. The molecule has 10 atom stereocenters. The maximum atomic E-state index is 11.6. The van der Waals surface area contributed by atoms with Gasteiger partial charge >= 0.3 is 5.97 Å². The van der Waals surface area contributed by atoms with E-state index in [1.165, 1.54) is 64.2 Å². The lowest BCUT2D eigenvalue weighted by molar-refractivity contribution is -0.156. The molecule has 5 aliphatic rings. The lowest BCUT2D eigenvalue weighted by Crippen LogP contribution is -2.55. The third kappa shape index (κ3) is 3.34. The van der Waals surface area contributed by atoms with Crippen molar-refractivity contribution in [1.82, 2.24) is 0 Å². The lowest BCUT2D eigenvalue weighted by Gasteiger charge is -2.61. The van der Waals surface area contributed by atoms with Crippen molar-refractivity contribution in [2.75, 3.05) is 0 Å². The lowest BCUT2D eigenvalue weighted by atomic mass is 9.43. The highest BCUT2D eigenvalue weighted by Gasteiger charge is 2.80. The van der Waals surface area contributed by atoms with E-state index in [1.807, 2.05) is 0 Å². The topological polar surface area (TPSA) is 26.3 Å². The molecule has 5 rings (SSSR count). The second-order valence-electron chi connectivity index (χ2n) is 14.6. The van der Waals surface area contributed by atoms with E-state index in [0.717, 1.165) is 48.3 Å². The summed E-state index contributed by atoms with van der Waals surface area (Å²) in [4.78, 5) is 11.6. The highest BCUT2D eigenvalue weighted by Crippen LogP contribution is 2.87. The highest BCUT2D eigenvalue weighted by atomic mass is 16.5. The van der Waals surface area contributed by atoms with E-state index in [9.17, 15) is 4.79 Å². The molecule has 33 heavy (non-hydrogen) atoms. The van der Waals surface area contributed by atoms with Crippen LogP contribution in [-0.4, -0.2) is 12.1 Å². The van der Waals surface area contributed by atoms with E-state index >= 15 is 0 Å². The molecule has 5 fully saturated rings. The van der Waals surface area contributed by atoms with Crippen LogP contribution in [0.15, 0.2) is 0 Å². The zero-order valence-electron chi connectivity index (χ0n) is 22.8. The summed E-state index contributed by atoms with van der Waals surface area (Å²) in [6.07, 6.45) is 16.9. The van der Waals surface area contributed by atoms with Gasteiger partial charge in [-0.2, -0.15) is 0 Å². The Kier molecular flexibility index (Phi) is 5.85. The molecule has 0 saturated heterocycles. The molecule has 5 aliphatic carbocycles. The van der Waals surface area contributed by atoms with Gasteiger partial charge in [0.25, 0.3) is 0 Å². The first kappa shape index (κ1) is 24.2. The molecule has 0 aromatic heterocycles. The minimum atomic E-state index is -0.0787. The van der Waals surface area contributed by atoms with Crippen LogP contribution in [0.1, 0.15) is 126 Å². The zero-order valence-corrected chi connectivity index (χ0v) is 22.8. The summed E-state index contributed by atoms with van der Waals surface area (Å²) in [6, 6.07) is 0. The van der Waals surface area contributed by atoms with Crippen molar-refractivity contribution in [3.05, 3.63) is 0 Å². The fraction of sp³-hybridized carbons (Fsp3) is 0.968. The molecule has 10 unspecified atom stereocenters. The molecule has 0 aliphatic heterocycles. The summed E-state index contributed by atoms with van der Waals surface area (Å²) in [5.74, 6) is 5.14. The van der Waals surface area contributed by atoms with Crippen molar-refractivity contribution in [2.24, 2.45) is 57.2 Å². The van der Waals surface area contributed by atoms with Gasteiger partial charge in [0.15, 0.2) is 0 Å². The van der Waals surface area contributed by atoms with Crippen molar-refractivity contribution in [1.29, 1.82) is 0 Å². The summed E-state index contributed by atoms with van der Waals surface area (Å²) in [7, 11) is 0. The van der Waals surface area contributed by atoms with Gasteiger partial charge in [-0.15, -0.1) is 0 Å². The number of hydrogen-bond acceptors (Lipinski definition) is 2.